The third-order valence-corrected chi connectivity index (χ3v) is 7.15. The topological polar surface area (TPSA) is 108 Å². The highest BCUT2D eigenvalue weighted by Crippen LogP contribution is 2.27. The maximum Gasteiger partial charge on any atom is 0.154 e. The Balaban J connectivity index is 1.51. The van der Waals surface area contributed by atoms with Crippen LogP contribution in [0.1, 0.15) is 50.5 Å². The van der Waals surface area contributed by atoms with E-state index >= 15 is 0 Å². The standard InChI is InChI=1S/C24H36N8S/c1-27-33-21-11-12-23(29-18-7-3-2-4-8-18)22(15-21)24(25)30-32(26)20-10-6-14-31(17-20)19-9-5-13-28-16-19/h5,9,11-13,15-16,18,20,27,29H,2-4,6-8,10,14,17,26H2,1H3,(H2,25,30). The molecule has 1 saturated heterocycles. The Labute approximate surface area is 201 Å². The molecule has 1 aliphatic carbocycles. The molecule has 0 radical (unpaired) electrons. The van der Waals surface area contributed by atoms with Crippen molar-refractivity contribution in [1.29, 1.82) is 0 Å². The maximum absolute atomic E-state index is 6.55. The van der Waals surface area contributed by atoms with Crippen LogP contribution in [0.25, 0.3) is 0 Å². The van der Waals surface area contributed by atoms with Gasteiger partial charge in [-0.15, -0.1) is 5.10 Å². The molecule has 1 aromatic carbocycles. The molecule has 2 fully saturated rings. The maximum atomic E-state index is 6.55. The largest absolute Gasteiger partial charge is 0.382 e. The van der Waals surface area contributed by atoms with E-state index in [2.05, 4.69) is 49.3 Å². The molecule has 1 atom stereocenters. The number of anilines is 2. The molecule has 2 aliphatic rings. The fourth-order valence-electron chi connectivity index (χ4n) is 4.72. The summed E-state index contributed by atoms with van der Waals surface area (Å²) in [7, 11) is 1.91. The Kier molecular flexibility index (Phi) is 8.30. The van der Waals surface area contributed by atoms with Crippen molar-refractivity contribution in [2.24, 2.45) is 16.7 Å². The predicted molar refractivity (Wildman–Crippen MR) is 138 cm³/mol. The summed E-state index contributed by atoms with van der Waals surface area (Å²) in [6.07, 6.45) is 12.0. The van der Waals surface area contributed by atoms with Gasteiger partial charge in [-0.25, -0.2) is 11.0 Å². The highest BCUT2D eigenvalue weighted by atomic mass is 32.2. The molecule has 2 heterocycles. The van der Waals surface area contributed by atoms with Gasteiger partial charge in [0.25, 0.3) is 0 Å². The van der Waals surface area contributed by atoms with Gasteiger partial charge in [-0.2, -0.15) is 0 Å². The van der Waals surface area contributed by atoms with Crippen LogP contribution in [0.4, 0.5) is 11.4 Å². The molecule has 33 heavy (non-hydrogen) atoms. The quantitative estimate of drug-likeness (QED) is 0.153. The first-order valence-corrected chi connectivity index (χ1v) is 12.7. The summed E-state index contributed by atoms with van der Waals surface area (Å²) in [6, 6.07) is 10.9. The van der Waals surface area contributed by atoms with Crippen molar-refractivity contribution in [3.8, 4) is 0 Å². The molecule has 0 spiro atoms. The zero-order valence-corrected chi connectivity index (χ0v) is 20.2. The van der Waals surface area contributed by atoms with Crippen molar-refractivity contribution < 1.29 is 0 Å². The Morgan fingerprint density at radius 2 is 2.03 bits per heavy atom. The van der Waals surface area contributed by atoms with Gasteiger partial charge in [-0.05, 0) is 75.0 Å². The average Bonchev–Trinajstić information content (AvgIpc) is 2.86. The highest BCUT2D eigenvalue weighted by molar-refractivity contribution is 7.97. The zero-order chi connectivity index (χ0) is 23.0. The van der Waals surface area contributed by atoms with Crippen molar-refractivity contribution in [3.05, 3.63) is 48.3 Å². The number of pyridine rings is 1. The summed E-state index contributed by atoms with van der Waals surface area (Å²) >= 11 is 1.56. The van der Waals surface area contributed by atoms with Gasteiger partial charge in [0, 0.05) is 41.5 Å². The molecule has 1 unspecified atom stereocenters. The third-order valence-electron chi connectivity index (χ3n) is 6.46. The van der Waals surface area contributed by atoms with E-state index in [0.29, 0.717) is 11.9 Å². The van der Waals surface area contributed by atoms with E-state index in [4.69, 9.17) is 11.6 Å². The first kappa shape index (κ1) is 23.7. The van der Waals surface area contributed by atoms with Crippen LogP contribution >= 0.6 is 11.9 Å². The molecule has 1 aliphatic heterocycles. The Morgan fingerprint density at radius 1 is 1.18 bits per heavy atom. The number of hydrogen-bond acceptors (Lipinski definition) is 8. The van der Waals surface area contributed by atoms with Gasteiger partial charge in [0.05, 0.1) is 17.9 Å². The van der Waals surface area contributed by atoms with Crippen LogP contribution in [-0.2, 0) is 0 Å². The Bertz CT molecular complexity index is 916. The number of benzene rings is 1. The first-order chi connectivity index (χ1) is 16.1. The number of amidine groups is 1. The number of hydrazine groups is 1. The molecule has 1 aromatic heterocycles. The third kappa shape index (κ3) is 6.31. The molecule has 178 valence electrons. The molecule has 6 N–H and O–H groups in total. The lowest BCUT2D eigenvalue weighted by Gasteiger charge is -2.37. The van der Waals surface area contributed by atoms with Gasteiger partial charge < -0.3 is 16.0 Å². The van der Waals surface area contributed by atoms with Crippen LogP contribution in [-0.4, -0.2) is 48.2 Å². The zero-order valence-electron chi connectivity index (χ0n) is 19.4. The van der Waals surface area contributed by atoms with Gasteiger partial charge in [0.2, 0.25) is 0 Å². The average molecular weight is 469 g/mol. The molecule has 9 heteroatoms. The van der Waals surface area contributed by atoms with Crippen LogP contribution < -0.4 is 26.5 Å². The monoisotopic (exact) mass is 468 g/mol. The van der Waals surface area contributed by atoms with E-state index in [1.54, 1.807) is 23.3 Å². The van der Waals surface area contributed by atoms with E-state index in [1.807, 2.05) is 19.3 Å². The van der Waals surface area contributed by atoms with Crippen LogP contribution in [0, 0.1) is 0 Å². The minimum atomic E-state index is 0.0853. The fourth-order valence-corrected chi connectivity index (χ4v) is 5.26. The number of hydrazone groups is 1. The van der Waals surface area contributed by atoms with Gasteiger partial charge in [0.15, 0.2) is 5.84 Å². The van der Waals surface area contributed by atoms with Crippen LogP contribution in [0.2, 0.25) is 0 Å². The second-order valence-electron chi connectivity index (χ2n) is 8.81. The highest BCUT2D eigenvalue weighted by Gasteiger charge is 2.24. The predicted octanol–water partition coefficient (Wildman–Crippen LogP) is 3.52. The second kappa shape index (κ2) is 11.6. The molecule has 0 bridgehead atoms. The van der Waals surface area contributed by atoms with Gasteiger partial charge in [-0.1, -0.05) is 19.3 Å². The number of nitrogens with one attached hydrogen (secondary N) is 2. The lowest BCUT2D eigenvalue weighted by Crippen LogP contribution is -2.49. The summed E-state index contributed by atoms with van der Waals surface area (Å²) in [6.45, 7) is 1.79. The van der Waals surface area contributed by atoms with E-state index in [-0.39, 0.29) is 6.04 Å². The Morgan fingerprint density at radius 3 is 2.79 bits per heavy atom. The molecule has 4 rings (SSSR count). The number of aromatic nitrogens is 1. The second-order valence-corrected chi connectivity index (χ2v) is 9.90. The SMILES string of the molecule is CNSc1ccc(NC2CCCCC2)c(/C(N)=N/N(N)C2CCCN(c3cccnc3)C2)c1. The van der Waals surface area contributed by atoms with Crippen LogP contribution in [0.3, 0.4) is 0 Å². The minimum absolute atomic E-state index is 0.0853. The summed E-state index contributed by atoms with van der Waals surface area (Å²) in [4.78, 5) is 7.65. The summed E-state index contributed by atoms with van der Waals surface area (Å²) in [5.74, 6) is 6.88. The van der Waals surface area contributed by atoms with Crippen molar-refractivity contribution in [2.75, 3.05) is 30.4 Å². The molecular weight excluding hydrogens is 432 g/mol. The summed E-state index contributed by atoms with van der Waals surface area (Å²) in [5.41, 5.74) is 9.59. The molecule has 0 amide bonds. The first-order valence-electron chi connectivity index (χ1n) is 11.9. The van der Waals surface area contributed by atoms with Gasteiger partial charge >= 0.3 is 0 Å². The molecule has 1 saturated carbocycles. The smallest absolute Gasteiger partial charge is 0.154 e. The number of hydrogen-bond donors (Lipinski definition) is 4. The number of nitrogens with two attached hydrogens (primary N) is 2. The van der Waals surface area contributed by atoms with E-state index in [9.17, 15) is 0 Å². The van der Waals surface area contributed by atoms with Crippen LogP contribution in [0.5, 0.6) is 0 Å². The van der Waals surface area contributed by atoms with E-state index in [0.717, 1.165) is 47.8 Å². The summed E-state index contributed by atoms with van der Waals surface area (Å²) < 4.78 is 3.13. The lowest BCUT2D eigenvalue weighted by molar-refractivity contribution is 0.186. The molecule has 2 aromatic rings. The van der Waals surface area contributed by atoms with Gasteiger partial charge in [-0.3, -0.25) is 9.71 Å². The molecule has 8 nitrogen and oxygen atoms in total. The van der Waals surface area contributed by atoms with Gasteiger partial charge in [0.1, 0.15) is 0 Å². The van der Waals surface area contributed by atoms with E-state index < -0.39 is 0 Å². The normalized spacial score (nSPS) is 20.0. The van der Waals surface area contributed by atoms with Crippen molar-refractivity contribution in [3.63, 3.8) is 0 Å². The number of piperidine rings is 1. The summed E-state index contributed by atoms with van der Waals surface area (Å²) in [5, 5.41) is 9.92. The molecular formula is C24H36N8S. The van der Waals surface area contributed by atoms with Crippen molar-refractivity contribution >= 4 is 29.2 Å². The van der Waals surface area contributed by atoms with Crippen molar-refractivity contribution in [1.82, 2.24) is 14.8 Å². The van der Waals surface area contributed by atoms with Crippen LogP contribution in [0.15, 0.2) is 52.7 Å². The minimum Gasteiger partial charge on any atom is -0.382 e. The Hall–Kier alpha value is -2.49. The van der Waals surface area contributed by atoms with E-state index in [1.165, 1.54) is 32.1 Å². The van der Waals surface area contributed by atoms with Crippen molar-refractivity contribution in [2.45, 2.75) is 61.9 Å². The lowest BCUT2D eigenvalue weighted by atomic mass is 9.95. The number of rotatable bonds is 8. The fraction of sp³-hybridized carbons (Fsp3) is 0.500. The number of nitrogens with zero attached hydrogens (tertiary/aromatic N) is 4.